The van der Waals surface area contributed by atoms with E-state index in [1.54, 1.807) is 6.20 Å². The number of hydrogen-bond acceptors (Lipinski definition) is 5. The molecule has 0 saturated heterocycles. The SMILES string of the molecule is Cc1onc(C2CC2)c1CN[C@@H]1CC(Cn2ccnc2)C[C@H]1O. The summed E-state index contributed by atoms with van der Waals surface area (Å²) in [4.78, 5) is 4.08. The van der Waals surface area contributed by atoms with Crippen molar-refractivity contribution in [3.63, 3.8) is 0 Å². The van der Waals surface area contributed by atoms with Gasteiger partial charge in [0, 0.05) is 43.0 Å². The van der Waals surface area contributed by atoms with Crippen LogP contribution in [0.3, 0.4) is 0 Å². The second-order valence-electron chi connectivity index (χ2n) is 7.03. The molecule has 0 bridgehead atoms. The van der Waals surface area contributed by atoms with Crippen molar-refractivity contribution in [2.45, 2.75) is 63.8 Å². The molecule has 6 heteroatoms. The molecule has 0 aliphatic heterocycles. The van der Waals surface area contributed by atoms with E-state index in [9.17, 15) is 5.11 Å². The molecular weight excluding hydrogens is 292 g/mol. The smallest absolute Gasteiger partial charge is 0.138 e. The largest absolute Gasteiger partial charge is 0.391 e. The van der Waals surface area contributed by atoms with Gasteiger partial charge in [0.1, 0.15) is 5.76 Å². The van der Waals surface area contributed by atoms with Gasteiger partial charge in [-0.15, -0.1) is 0 Å². The van der Waals surface area contributed by atoms with Crippen LogP contribution in [-0.2, 0) is 13.1 Å². The predicted octanol–water partition coefficient (Wildman–Crippen LogP) is 1.99. The van der Waals surface area contributed by atoms with Crippen molar-refractivity contribution in [3.05, 3.63) is 35.7 Å². The zero-order valence-electron chi connectivity index (χ0n) is 13.5. The Morgan fingerprint density at radius 3 is 3.00 bits per heavy atom. The molecule has 2 aromatic rings. The summed E-state index contributed by atoms with van der Waals surface area (Å²) in [5.74, 6) is 1.98. The highest BCUT2D eigenvalue weighted by molar-refractivity contribution is 5.28. The van der Waals surface area contributed by atoms with E-state index in [4.69, 9.17) is 4.52 Å². The summed E-state index contributed by atoms with van der Waals surface area (Å²) in [7, 11) is 0. The van der Waals surface area contributed by atoms with E-state index in [-0.39, 0.29) is 12.1 Å². The number of rotatable bonds is 6. The number of hydrogen-bond donors (Lipinski definition) is 2. The van der Waals surface area contributed by atoms with Gasteiger partial charge in [0.2, 0.25) is 0 Å². The minimum atomic E-state index is -0.284. The molecule has 2 saturated carbocycles. The standard InChI is InChI=1S/C17H24N4O2/c1-11-14(17(20-23-11)13-2-3-13)8-19-15-6-12(7-16(15)22)9-21-5-4-18-10-21/h4-5,10,12-13,15-16,19,22H,2-3,6-9H2,1H3/t12?,15-,16-/m1/s1. The van der Waals surface area contributed by atoms with Crippen LogP contribution in [0.25, 0.3) is 0 Å². The number of aliphatic hydroxyl groups is 1. The lowest BCUT2D eigenvalue weighted by atomic mass is 10.1. The number of aliphatic hydroxyl groups excluding tert-OH is 1. The van der Waals surface area contributed by atoms with E-state index < -0.39 is 0 Å². The monoisotopic (exact) mass is 316 g/mol. The summed E-state index contributed by atoms with van der Waals surface area (Å²) < 4.78 is 7.46. The van der Waals surface area contributed by atoms with Gasteiger partial charge in [0.15, 0.2) is 0 Å². The lowest BCUT2D eigenvalue weighted by molar-refractivity contribution is 0.145. The number of aryl methyl sites for hydroxylation is 1. The highest BCUT2D eigenvalue weighted by Crippen LogP contribution is 2.41. The Balaban J connectivity index is 1.35. The zero-order chi connectivity index (χ0) is 15.8. The molecule has 0 spiro atoms. The van der Waals surface area contributed by atoms with Crippen LogP contribution in [0.5, 0.6) is 0 Å². The van der Waals surface area contributed by atoms with E-state index >= 15 is 0 Å². The molecule has 2 aromatic heterocycles. The molecule has 6 nitrogen and oxygen atoms in total. The van der Waals surface area contributed by atoms with Crippen molar-refractivity contribution in [1.82, 2.24) is 20.0 Å². The van der Waals surface area contributed by atoms with E-state index in [2.05, 4.69) is 20.0 Å². The Kier molecular flexibility index (Phi) is 3.95. The van der Waals surface area contributed by atoms with Crippen LogP contribution in [0.15, 0.2) is 23.2 Å². The van der Waals surface area contributed by atoms with Crippen LogP contribution in [0.2, 0.25) is 0 Å². The Morgan fingerprint density at radius 2 is 2.26 bits per heavy atom. The number of aromatic nitrogens is 3. The van der Waals surface area contributed by atoms with Crippen LogP contribution in [0, 0.1) is 12.8 Å². The average molecular weight is 316 g/mol. The number of nitrogens with zero attached hydrogens (tertiary/aromatic N) is 3. The highest BCUT2D eigenvalue weighted by Gasteiger charge is 2.34. The maximum atomic E-state index is 10.4. The van der Waals surface area contributed by atoms with Crippen molar-refractivity contribution in [3.8, 4) is 0 Å². The predicted molar refractivity (Wildman–Crippen MR) is 84.8 cm³/mol. The Morgan fingerprint density at radius 1 is 1.39 bits per heavy atom. The Hall–Kier alpha value is -1.66. The summed E-state index contributed by atoms with van der Waals surface area (Å²) in [5, 5.41) is 18.1. The fourth-order valence-corrected chi connectivity index (χ4v) is 3.71. The van der Waals surface area contributed by atoms with E-state index in [0.29, 0.717) is 11.8 Å². The molecule has 2 N–H and O–H groups in total. The minimum Gasteiger partial charge on any atom is -0.391 e. The first-order valence-corrected chi connectivity index (χ1v) is 8.53. The minimum absolute atomic E-state index is 0.143. The second-order valence-corrected chi connectivity index (χ2v) is 7.03. The second kappa shape index (κ2) is 6.09. The normalized spacial score (nSPS) is 27.7. The maximum Gasteiger partial charge on any atom is 0.138 e. The fourth-order valence-electron chi connectivity index (χ4n) is 3.71. The third-order valence-corrected chi connectivity index (χ3v) is 5.17. The van der Waals surface area contributed by atoms with E-state index in [0.717, 1.165) is 37.4 Å². The van der Waals surface area contributed by atoms with Crippen LogP contribution < -0.4 is 5.32 Å². The van der Waals surface area contributed by atoms with Gasteiger partial charge in [-0.25, -0.2) is 4.98 Å². The first-order chi connectivity index (χ1) is 11.2. The number of nitrogens with one attached hydrogen (secondary N) is 1. The van der Waals surface area contributed by atoms with Crippen molar-refractivity contribution in [1.29, 1.82) is 0 Å². The molecule has 0 aromatic carbocycles. The van der Waals surface area contributed by atoms with E-state index in [1.807, 2.05) is 19.4 Å². The fraction of sp³-hybridized carbons (Fsp3) is 0.647. The highest BCUT2D eigenvalue weighted by atomic mass is 16.5. The topological polar surface area (TPSA) is 76.1 Å². The molecule has 1 unspecified atom stereocenters. The van der Waals surface area contributed by atoms with Gasteiger partial charge in [-0.2, -0.15) is 0 Å². The lowest BCUT2D eigenvalue weighted by Gasteiger charge is -2.16. The summed E-state index contributed by atoms with van der Waals surface area (Å²) in [6, 6.07) is 0.143. The van der Waals surface area contributed by atoms with Crippen molar-refractivity contribution in [2.24, 2.45) is 5.92 Å². The van der Waals surface area contributed by atoms with Gasteiger partial charge in [-0.05, 0) is 38.5 Å². The van der Waals surface area contributed by atoms with Gasteiger partial charge in [-0.3, -0.25) is 0 Å². The average Bonchev–Trinajstić information content (AvgIpc) is 2.94. The molecule has 124 valence electrons. The third-order valence-electron chi connectivity index (χ3n) is 5.17. The molecule has 0 amide bonds. The first-order valence-electron chi connectivity index (χ1n) is 8.53. The first kappa shape index (κ1) is 14.9. The Labute approximate surface area is 135 Å². The maximum absolute atomic E-state index is 10.4. The molecule has 4 rings (SSSR count). The molecule has 2 heterocycles. The quantitative estimate of drug-likeness (QED) is 0.852. The summed E-state index contributed by atoms with van der Waals surface area (Å²) >= 11 is 0. The summed E-state index contributed by atoms with van der Waals surface area (Å²) in [5.41, 5.74) is 2.32. The van der Waals surface area contributed by atoms with E-state index in [1.165, 1.54) is 18.4 Å². The van der Waals surface area contributed by atoms with Gasteiger partial charge < -0.3 is 19.5 Å². The molecule has 2 fully saturated rings. The van der Waals surface area contributed by atoms with Crippen molar-refractivity contribution < 1.29 is 9.63 Å². The zero-order valence-corrected chi connectivity index (χ0v) is 13.5. The molecule has 23 heavy (non-hydrogen) atoms. The van der Waals surface area contributed by atoms with Gasteiger partial charge >= 0.3 is 0 Å². The molecular formula is C17H24N4O2. The van der Waals surface area contributed by atoms with Crippen LogP contribution in [0.1, 0.15) is 48.6 Å². The summed E-state index contributed by atoms with van der Waals surface area (Å²) in [6.07, 6.45) is 9.61. The Bertz CT molecular complexity index is 648. The number of imidazole rings is 1. The van der Waals surface area contributed by atoms with Crippen LogP contribution in [0.4, 0.5) is 0 Å². The molecule has 3 atom stereocenters. The van der Waals surface area contributed by atoms with Crippen LogP contribution in [-0.4, -0.2) is 32.0 Å². The van der Waals surface area contributed by atoms with Gasteiger partial charge in [-0.1, -0.05) is 5.16 Å². The lowest BCUT2D eigenvalue weighted by Crippen LogP contribution is -2.35. The third kappa shape index (κ3) is 3.19. The van der Waals surface area contributed by atoms with Crippen LogP contribution >= 0.6 is 0 Å². The molecule has 2 aliphatic rings. The molecule has 2 aliphatic carbocycles. The summed E-state index contributed by atoms with van der Waals surface area (Å²) in [6.45, 7) is 3.64. The molecule has 0 radical (unpaired) electrons. The van der Waals surface area contributed by atoms with Gasteiger partial charge in [0.05, 0.1) is 18.1 Å². The van der Waals surface area contributed by atoms with Crippen molar-refractivity contribution >= 4 is 0 Å². The van der Waals surface area contributed by atoms with Crippen molar-refractivity contribution in [2.75, 3.05) is 0 Å². The van der Waals surface area contributed by atoms with Gasteiger partial charge in [0.25, 0.3) is 0 Å².